The molecule has 1 saturated heterocycles. The molecule has 1 amide bonds. The Morgan fingerprint density at radius 3 is 2.95 bits per heavy atom. The van der Waals surface area contributed by atoms with E-state index in [0.29, 0.717) is 19.8 Å². The number of halogens is 1. The molecule has 0 aliphatic carbocycles. The fourth-order valence-electron chi connectivity index (χ4n) is 1.73. The largest absolute Gasteiger partial charge is 0.448 e. The van der Waals surface area contributed by atoms with Gasteiger partial charge in [0, 0.05) is 13.1 Å². The fourth-order valence-corrected chi connectivity index (χ4v) is 1.73. The number of amides is 1. The van der Waals surface area contributed by atoms with E-state index in [9.17, 15) is 9.18 Å². The van der Waals surface area contributed by atoms with Crippen LogP contribution in [-0.2, 0) is 16.0 Å². The number of hydrogen-bond acceptors (Lipinski definition) is 4. The summed E-state index contributed by atoms with van der Waals surface area (Å²) in [7, 11) is 0. The molecule has 2 rings (SSSR count). The lowest BCUT2D eigenvalue weighted by atomic mass is 10.2. The number of alkyl carbamates (subject to hydrolysis) is 1. The van der Waals surface area contributed by atoms with Crippen molar-refractivity contribution in [3.8, 4) is 0 Å². The van der Waals surface area contributed by atoms with Crippen LogP contribution in [0, 0.1) is 5.82 Å². The molecular formula is C13H17FN2O3. The third-order valence-electron chi connectivity index (χ3n) is 2.76. The summed E-state index contributed by atoms with van der Waals surface area (Å²) >= 11 is 0. The van der Waals surface area contributed by atoms with Crippen LogP contribution < -0.4 is 10.6 Å². The SMILES string of the molecule is O=C(NCc1ccc(F)cc1)OC[C@@H]1COCCN1. The van der Waals surface area contributed by atoms with Crippen LogP contribution in [0.15, 0.2) is 24.3 Å². The van der Waals surface area contributed by atoms with Gasteiger partial charge >= 0.3 is 6.09 Å². The number of hydrogen-bond donors (Lipinski definition) is 2. The third kappa shape index (κ3) is 4.84. The van der Waals surface area contributed by atoms with E-state index in [0.717, 1.165) is 12.1 Å². The first-order valence-corrected chi connectivity index (χ1v) is 6.20. The zero-order chi connectivity index (χ0) is 13.5. The van der Waals surface area contributed by atoms with Gasteiger partial charge in [0.25, 0.3) is 0 Å². The lowest BCUT2D eigenvalue weighted by Crippen LogP contribution is -2.45. The number of rotatable bonds is 4. The standard InChI is InChI=1S/C13H17FN2O3/c14-11-3-1-10(2-4-11)7-16-13(17)19-9-12-8-18-6-5-15-12/h1-4,12,15H,5-9H2,(H,16,17)/t12-/m0/s1. The van der Waals surface area contributed by atoms with Gasteiger partial charge in [0.1, 0.15) is 12.4 Å². The molecule has 0 saturated carbocycles. The van der Waals surface area contributed by atoms with Crippen molar-refractivity contribution in [3.63, 3.8) is 0 Å². The summed E-state index contributed by atoms with van der Waals surface area (Å²) in [6.07, 6.45) is -0.489. The number of benzene rings is 1. The average molecular weight is 268 g/mol. The second-order valence-corrected chi connectivity index (χ2v) is 4.30. The van der Waals surface area contributed by atoms with Crippen LogP contribution in [0.1, 0.15) is 5.56 Å². The van der Waals surface area contributed by atoms with Gasteiger partial charge in [-0.05, 0) is 17.7 Å². The molecule has 0 bridgehead atoms. The minimum atomic E-state index is -0.489. The molecule has 1 aliphatic heterocycles. The zero-order valence-electron chi connectivity index (χ0n) is 10.5. The smallest absolute Gasteiger partial charge is 0.407 e. The van der Waals surface area contributed by atoms with E-state index in [1.165, 1.54) is 12.1 Å². The van der Waals surface area contributed by atoms with Gasteiger partial charge < -0.3 is 20.1 Å². The summed E-state index contributed by atoms with van der Waals surface area (Å²) in [4.78, 5) is 11.4. The first-order chi connectivity index (χ1) is 9.24. The molecule has 19 heavy (non-hydrogen) atoms. The minimum absolute atomic E-state index is 0.0466. The van der Waals surface area contributed by atoms with Crippen LogP contribution in [0.5, 0.6) is 0 Å². The normalized spacial score (nSPS) is 18.9. The van der Waals surface area contributed by atoms with Gasteiger partial charge in [0.2, 0.25) is 0 Å². The Morgan fingerprint density at radius 1 is 1.47 bits per heavy atom. The van der Waals surface area contributed by atoms with E-state index in [1.807, 2.05) is 0 Å². The maximum atomic E-state index is 12.7. The Labute approximate surface area is 111 Å². The first kappa shape index (κ1) is 13.8. The van der Waals surface area contributed by atoms with Crippen LogP contribution in [0.25, 0.3) is 0 Å². The maximum absolute atomic E-state index is 12.7. The second kappa shape index (κ2) is 7.06. The molecule has 1 fully saturated rings. The molecule has 6 heteroatoms. The number of morpholine rings is 1. The predicted molar refractivity (Wildman–Crippen MR) is 67.2 cm³/mol. The predicted octanol–water partition coefficient (Wildman–Crippen LogP) is 1.04. The minimum Gasteiger partial charge on any atom is -0.448 e. The molecule has 1 aromatic carbocycles. The van der Waals surface area contributed by atoms with Gasteiger partial charge in [-0.3, -0.25) is 0 Å². The molecule has 1 aromatic rings. The fraction of sp³-hybridized carbons (Fsp3) is 0.462. The second-order valence-electron chi connectivity index (χ2n) is 4.30. The van der Waals surface area contributed by atoms with Gasteiger partial charge in [0.15, 0.2) is 0 Å². The van der Waals surface area contributed by atoms with E-state index in [2.05, 4.69) is 10.6 Å². The van der Waals surface area contributed by atoms with Crippen LogP contribution in [-0.4, -0.2) is 38.5 Å². The van der Waals surface area contributed by atoms with Crippen molar-refractivity contribution in [3.05, 3.63) is 35.6 Å². The van der Waals surface area contributed by atoms with Gasteiger partial charge in [-0.25, -0.2) is 9.18 Å². The van der Waals surface area contributed by atoms with Crippen molar-refractivity contribution in [1.82, 2.24) is 10.6 Å². The lowest BCUT2D eigenvalue weighted by Gasteiger charge is -2.23. The molecule has 0 aromatic heterocycles. The van der Waals surface area contributed by atoms with Crippen molar-refractivity contribution >= 4 is 6.09 Å². The highest BCUT2D eigenvalue weighted by Crippen LogP contribution is 2.02. The maximum Gasteiger partial charge on any atom is 0.407 e. The average Bonchev–Trinajstić information content (AvgIpc) is 2.45. The summed E-state index contributed by atoms with van der Waals surface area (Å²) in [5.74, 6) is -0.297. The highest BCUT2D eigenvalue weighted by atomic mass is 19.1. The summed E-state index contributed by atoms with van der Waals surface area (Å²) in [6.45, 7) is 2.59. The Balaban J connectivity index is 1.65. The molecule has 1 atom stereocenters. The number of ether oxygens (including phenoxy) is 2. The summed E-state index contributed by atoms with van der Waals surface area (Å²) in [6, 6.07) is 5.99. The first-order valence-electron chi connectivity index (χ1n) is 6.20. The number of carbonyl (C=O) groups is 1. The van der Waals surface area contributed by atoms with Crippen molar-refractivity contribution in [1.29, 1.82) is 0 Å². The van der Waals surface area contributed by atoms with Gasteiger partial charge in [-0.15, -0.1) is 0 Å². The van der Waals surface area contributed by atoms with Crippen molar-refractivity contribution in [2.45, 2.75) is 12.6 Å². The summed E-state index contributed by atoms with van der Waals surface area (Å²) in [5.41, 5.74) is 0.817. The Kier molecular flexibility index (Phi) is 5.11. The molecule has 0 radical (unpaired) electrons. The van der Waals surface area contributed by atoms with Crippen molar-refractivity contribution in [2.24, 2.45) is 0 Å². The molecule has 0 unspecified atom stereocenters. The number of nitrogens with one attached hydrogen (secondary N) is 2. The van der Waals surface area contributed by atoms with Crippen LogP contribution in [0.2, 0.25) is 0 Å². The summed E-state index contributed by atoms with van der Waals surface area (Å²) in [5, 5.41) is 5.79. The topological polar surface area (TPSA) is 59.6 Å². The van der Waals surface area contributed by atoms with Crippen LogP contribution in [0.4, 0.5) is 9.18 Å². The highest BCUT2D eigenvalue weighted by Gasteiger charge is 2.14. The van der Waals surface area contributed by atoms with Gasteiger partial charge in [-0.2, -0.15) is 0 Å². The van der Waals surface area contributed by atoms with Crippen molar-refractivity contribution < 1.29 is 18.7 Å². The Morgan fingerprint density at radius 2 is 2.26 bits per heavy atom. The van der Waals surface area contributed by atoms with E-state index in [4.69, 9.17) is 9.47 Å². The molecule has 1 aliphatic rings. The monoisotopic (exact) mass is 268 g/mol. The summed E-state index contributed by atoms with van der Waals surface area (Å²) < 4.78 is 23.0. The van der Waals surface area contributed by atoms with E-state index in [1.54, 1.807) is 12.1 Å². The lowest BCUT2D eigenvalue weighted by molar-refractivity contribution is 0.0466. The third-order valence-corrected chi connectivity index (χ3v) is 2.76. The van der Waals surface area contributed by atoms with E-state index in [-0.39, 0.29) is 18.5 Å². The van der Waals surface area contributed by atoms with Crippen LogP contribution >= 0.6 is 0 Å². The van der Waals surface area contributed by atoms with E-state index >= 15 is 0 Å². The van der Waals surface area contributed by atoms with Gasteiger partial charge in [-0.1, -0.05) is 12.1 Å². The molecule has 5 nitrogen and oxygen atoms in total. The molecule has 104 valence electrons. The zero-order valence-corrected chi connectivity index (χ0v) is 10.5. The van der Waals surface area contributed by atoms with Gasteiger partial charge in [0.05, 0.1) is 19.3 Å². The van der Waals surface area contributed by atoms with Crippen molar-refractivity contribution in [2.75, 3.05) is 26.4 Å². The quantitative estimate of drug-likeness (QED) is 0.856. The molecular weight excluding hydrogens is 251 g/mol. The van der Waals surface area contributed by atoms with Crippen LogP contribution in [0.3, 0.4) is 0 Å². The Hall–Kier alpha value is -1.66. The molecule has 1 heterocycles. The molecule has 2 N–H and O–H groups in total. The number of carbonyl (C=O) groups excluding carboxylic acids is 1. The van der Waals surface area contributed by atoms with E-state index < -0.39 is 6.09 Å². The Bertz CT molecular complexity index is 405. The molecule has 0 spiro atoms. The highest BCUT2D eigenvalue weighted by molar-refractivity contribution is 5.67.